The molecule has 0 amide bonds. The van der Waals surface area contributed by atoms with Gasteiger partial charge in [-0.2, -0.15) is 0 Å². The van der Waals surface area contributed by atoms with Crippen molar-refractivity contribution in [2.45, 2.75) is 0 Å². The Morgan fingerprint density at radius 2 is 2.18 bits per heavy atom. The van der Waals surface area contributed by atoms with Gasteiger partial charge in [-0.05, 0) is 11.5 Å². The molecule has 54 valence electrons. The molecule has 0 bridgehead atoms. The SMILES string of the molecule is CNC1=Nc2ccccc2B1. The summed E-state index contributed by atoms with van der Waals surface area (Å²) in [6, 6.07) is 8.22. The van der Waals surface area contributed by atoms with E-state index in [2.05, 4.69) is 16.4 Å². The van der Waals surface area contributed by atoms with Crippen molar-refractivity contribution in [1.29, 1.82) is 0 Å². The van der Waals surface area contributed by atoms with E-state index in [1.54, 1.807) is 0 Å². The molecule has 11 heavy (non-hydrogen) atoms. The molecule has 0 unspecified atom stereocenters. The van der Waals surface area contributed by atoms with Crippen LogP contribution in [0.25, 0.3) is 0 Å². The fourth-order valence-electron chi connectivity index (χ4n) is 1.28. The Labute approximate surface area is 66.6 Å². The zero-order valence-electron chi connectivity index (χ0n) is 6.46. The van der Waals surface area contributed by atoms with Gasteiger partial charge in [0.2, 0.25) is 7.28 Å². The summed E-state index contributed by atoms with van der Waals surface area (Å²) in [7, 11) is 2.86. The second-order valence-electron chi connectivity index (χ2n) is 2.61. The number of fused-ring (bicyclic) bond motifs is 1. The van der Waals surface area contributed by atoms with Gasteiger partial charge < -0.3 is 5.32 Å². The molecule has 1 aliphatic rings. The zero-order chi connectivity index (χ0) is 7.68. The van der Waals surface area contributed by atoms with Crippen LogP contribution in [0, 0.1) is 0 Å². The van der Waals surface area contributed by atoms with Crippen LogP contribution in [-0.2, 0) is 0 Å². The molecule has 0 atom stereocenters. The summed E-state index contributed by atoms with van der Waals surface area (Å²) >= 11 is 0. The van der Waals surface area contributed by atoms with Crippen molar-refractivity contribution in [2.24, 2.45) is 4.99 Å². The van der Waals surface area contributed by atoms with Gasteiger partial charge in [0.15, 0.2) is 0 Å². The van der Waals surface area contributed by atoms with Crippen molar-refractivity contribution in [3.05, 3.63) is 24.3 Å². The van der Waals surface area contributed by atoms with Crippen LogP contribution in [-0.4, -0.2) is 20.1 Å². The molecular weight excluding hydrogens is 135 g/mol. The average Bonchev–Trinajstić information content (AvgIpc) is 2.46. The third-order valence-electron chi connectivity index (χ3n) is 1.89. The van der Waals surface area contributed by atoms with E-state index in [4.69, 9.17) is 0 Å². The van der Waals surface area contributed by atoms with Gasteiger partial charge in [-0.15, -0.1) is 0 Å². The van der Waals surface area contributed by atoms with Crippen LogP contribution in [0.1, 0.15) is 0 Å². The number of nitrogens with zero attached hydrogens (tertiary/aromatic N) is 1. The Hall–Kier alpha value is -1.25. The van der Waals surface area contributed by atoms with Crippen molar-refractivity contribution in [3.8, 4) is 0 Å². The van der Waals surface area contributed by atoms with Gasteiger partial charge in [-0.3, -0.25) is 0 Å². The Kier molecular flexibility index (Phi) is 1.42. The highest BCUT2D eigenvalue weighted by Gasteiger charge is 2.13. The van der Waals surface area contributed by atoms with Crippen molar-refractivity contribution in [1.82, 2.24) is 5.32 Å². The quantitative estimate of drug-likeness (QED) is 0.508. The predicted molar refractivity (Wildman–Crippen MR) is 49.4 cm³/mol. The molecule has 1 aromatic carbocycles. The lowest BCUT2D eigenvalue weighted by Gasteiger charge is -1.92. The van der Waals surface area contributed by atoms with E-state index in [0.717, 1.165) is 18.7 Å². The van der Waals surface area contributed by atoms with Crippen LogP contribution in [0.15, 0.2) is 29.3 Å². The Bertz CT molecular complexity index is 307. The van der Waals surface area contributed by atoms with Crippen LogP contribution >= 0.6 is 0 Å². The fraction of sp³-hybridized carbons (Fsp3) is 0.125. The monoisotopic (exact) mass is 144 g/mol. The molecule has 0 radical (unpaired) electrons. The first-order chi connectivity index (χ1) is 5.40. The number of para-hydroxylation sites is 1. The first-order valence-corrected chi connectivity index (χ1v) is 3.73. The summed E-state index contributed by atoms with van der Waals surface area (Å²) in [5.41, 5.74) is 3.49. The number of rotatable bonds is 0. The van der Waals surface area contributed by atoms with Crippen LogP contribution < -0.4 is 10.8 Å². The molecule has 0 saturated carbocycles. The molecule has 2 rings (SSSR count). The maximum atomic E-state index is 4.38. The average molecular weight is 144 g/mol. The first kappa shape index (κ1) is 6.46. The molecule has 1 aromatic rings. The molecule has 1 N–H and O–H groups in total. The minimum Gasteiger partial charge on any atom is -0.384 e. The smallest absolute Gasteiger partial charge is 0.240 e. The topological polar surface area (TPSA) is 24.4 Å². The van der Waals surface area contributed by atoms with Gasteiger partial charge >= 0.3 is 0 Å². The lowest BCUT2D eigenvalue weighted by molar-refractivity contribution is 1.20. The van der Waals surface area contributed by atoms with Crippen LogP contribution in [0.5, 0.6) is 0 Å². The van der Waals surface area contributed by atoms with Gasteiger partial charge in [0.1, 0.15) is 0 Å². The largest absolute Gasteiger partial charge is 0.384 e. The molecule has 0 aromatic heterocycles. The van der Waals surface area contributed by atoms with E-state index >= 15 is 0 Å². The van der Waals surface area contributed by atoms with Crippen LogP contribution in [0.3, 0.4) is 0 Å². The predicted octanol–water partition coefficient (Wildman–Crippen LogP) is -0.0311. The van der Waals surface area contributed by atoms with Gasteiger partial charge in [0.25, 0.3) is 0 Å². The van der Waals surface area contributed by atoms with Crippen molar-refractivity contribution < 1.29 is 0 Å². The van der Waals surface area contributed by atoms with E-state index in [9.17, 15) is 0 Å². The lowest BCUT2D eigenvalue weighted by Crippen LogP contribution is -2.28. The maximum absolute atomic E-state index is 4.38. The highest BCUT2D eigenvalue weighted by atomic mass is 15.0. The van der Waals surface area contributed by atoms with E-state index in [0.29, 0.717) is 0 Å². The Morgan fingerprint density at radius 3 is 2.91 bits per heavy atom. The van der Waals surface area contributed by atoms with E-state index in [1.807, 2.05) is 25.2 Å². The van der Waals surface area contributed by atoms with Crippen molar-refractivity contribution >= 4 is 24.2 Å². The summed E-state index contributed by atoms with van der Waals surface area (Å²) < 4.78 is 0. The second kappa shape index (κ2) is 2.42. The minimum atomic E-state index is 0.951. The fourth-order valence-corrected chi connectivity index (χ4v) is 1.28. The summed E-state index contributed by atoms with van der Waals surface area (Å²) in [5, 5.41) is 3.06. The molecule has 2 nitrogen and oxygen atoms in total. The second-order valence-corrected chi connectivity index (χ2v) is 2.61. The van der Waals surface area contributed by atoms with Crippen LogP contribution in [0.4, 0.5) is 5.69 Å². The molecular formula is C8H9BN2. The Balaban J connectivity index is 2.39. The number of amidine groups is 1. The highest BCUT2D eigenvalue weighted by molar-refractivity contribution is 6.87. The van der Waals surface area contributed by atoms with Gasteiger partial charge in [0, 0.05) is 7.05 Å². The minimum absolute atomic E-state index is 0.951. The maximum Gasteiger partial charge on any atom is 0.240 e. The van der Waals surface area contributed by atoms with E-state index < -0.39 is 0 Å². The zero-order valence-corrected chi connectivity index (χ0v) is 6.46. The molecule has 3 heteroatoms. The summed E-state index contributed by atoms with van der Waals surface area (Å²) in [6.45, 7) is 0. The molecule has 0 saturated heterocycles. The number of aliphatic imine (C=N–C) groups is 1. The third-order valence-corrected chi connectivity index (χ3v) is 1.89. The highest BCUT2D eigenvalue weighted by Crippen LogP contribution is 2.11. The normalized spacial score (nSPS) is 13.4. The molecule has 1 heterocycles. The first-order valence-electron chi connectivity index (χ1n) is 3.73. The molecule has 0 fully saturated rings. The van der Waals surface area contributed by atoms with E-state index in [1.165, 1.54) is 5.46 Å². The summed E-state index contributed by atoms with van der Waals surface area (Å²) in [5.74, 6) is 0. The standard InChI is InChI=1S/C8H9BN2/c1-10-8-9-6-4-2-3-5-7(6)11-8/h2-5,9H,1H3,(H,10,11). The number of hydrogen-bond acceptors (Lipinski definition) is 2. The number of hydrogen-bond donors (Lipinski definition) is 1. The van der Waals surface area contributed by atoms with E-state index in [-0.39, 0.29) is 0 Å². The number of nitrogens with one attached hydrogen (secondary N) is 1. The van der Waals surface area contributed by atoms with Crippen molar-refractivity contribution in [2.75, 3.05) is 7.05 Å². The van der Waals surface area contributed by atoms with Gasteiger partial charge in [-0.1, -0.05) is 18.2 Å². The van der Waals surface area contributed by atoms with Crippen LogP contribution in [0.2, 0.25) is 0 Å². The molecule has 1 aliphatic heterocycles. The lowest BCUT2D eigenvalue weighted by atomic mass is 9.70. The third kappa shape index (κ3) is 1.02. The molecule has 0 spiro atoms. The summed E-state index contributed by atoms with van der Waals surface area (Å²) in [4.78, 5) is 4.38. The summed E-state index contributed by atoms with van der Waals surface area (Å²) in [6.07, 6.45) is 0. The van der Waals surface area contributed by atoms with Crippen molar-refractivity contribution in [3.63, 3.8) is 0 Å². The molecule has 0 aliphatic carbocycles. The Morgan fingerprint density at radius 1 is 1.36 bits per heavy atom. The van der Waals surface area contributed by atoms with Gasteiger partial charge in [0.05, 0.1) is 11.4 Å². The number of benzene rings is 1. The van der Waals surface area contributed by atoms with Gasteiger partial charge in [-0.25, -0.2) is 4.99 Å².